The minimum absolute atomic E-state index is 0.214. The normalized spacial score (nSPS) is 11.3. The van der Waals surface area contributed by atoms with Crippen molar-refractivity contribution >= 4 is 34.1 Å². The first kappa shape index (κ1) is 23.6. The Hall–Kier alpha value is -5.12. The van der Waals surface area contributed by atoms with Crippen molar-refractivity contribution in [1.29, 1.82) is 0 Å². The van der Waals surface area contributed by atoms with Crippen molar-refractivity contribution in [3.05, 3.63) is 82.6 Å². The fourth-order valence-electron chi connectivity index (χ4n) is 3.86. The van der Waals surface area contributed by atoms with Gasteiger partial charge in [-0.3, -0.25) is 4.79 Å². The van der Waals surface area contributed by atoms with Crippen LogP contribution in [0.25, 0.3) is 33.5 Å². The number of aromatic nitrogens is 2. The first-order valence-corrected chi connectivity index (χ1v) is 11.1. The van der Waals surface area contributed by atoms with Crippen LogP contribution >= 0.6 is 0 Å². The summed E-state index contributed by atoms with van der Waals surface area (Å²) in [5.41, 5.74) is 1.28. The van der Waals surface area contributed by atoms with Gasteiger partial charge in [-0.05, 0) is 54.1 Å². The monoisotopic (exact) mass is 499 g/mol. The molecule has 3 aromatic carbocycles. The summed E-state index contributed by atoms with van der Waals surface area (Å²) in [7, 11) is 3.01. The van der Waals surface area contributed by atoms with E-state index in [9.17, 15) is 9.59 Å². The molecule has 2 heterocycles. The maximum absolute atomic E-state index is 13.5. The van der Waals surface area contributed by atoms with E-state index in [-0.39, 0.29) is 17.1 Å². The number of hydrogen-bond acceptors (Lipinski definition) is 8. The number of carboxylic acid groups (broad SMARTS) is 1. The number of ether oxygens (including phenoxy) is 3. The lowest BCUT2D eigenvalue weighted by atomic mass is 10.2. The average Bonchev–Trinajstić information content (AvgIpc) is 3.36. The molecular formula is C27H21N3O7. The quantitative estimate of drug-likeness (QED) is 0.315. The van der Waals surface area contributed by atoms with Crippen LogP contribution in [0.1, 0.15) is 5.56 Å². The smallest absolute Gasteiger partial charge is 0.341 e. The molecule has 0 atom stereocenters. The number of rotatable bonds is 8. The summed E-state index contributed by atoms with van der Waals surface area (Å²) < 4.78 is 23.2. The third-order valence-corrected chi connectivity index (χ3v) is 5.58. The van der Waals surface area contributed by atoms with Gasteiger partial charge in [-0.1, -0.05) is 18.2 Å². The third-order valence-electron chi connectivity index (χ3n) is 5.58. The number of benzene rings is 3. The largest absolute Gasteiger partial charge is 0.496 e. The second-order valence-electron chi connectivity index (χ2n) is 7.89. The molecule has 0 fully saturated rings. The van der Waals surface area contributed by atoms with Crippen LogP contribution in [0.4, 0.5) is 0 Å². The Morgan fingerprint density at radius 3 is 2.59 bits per heavy atom. The zero-order valence-corrected chi connectivity index (χ0v) is 19.9. The molecule has 10 nitrogen and oxygen atoms in total. The van der Waals surface area contributed by atoms with Gasteiger partial charge in [0.2, 0.25) is 5.82 Å². The molecule has 0 saturated heterocycles. The van der Waals surface area contributed by atoms with Crippen LogP contribution in [0.15, 0.2) is 81.0 Å². The highest BCUT2D eigenvalue weighted by Crippen LogP contribution is 2.33. The minimum Gasteiger partial charge on any atom is -0.496 e. The van der Waals surface area contributed by atoms with Gasteiger partial charge in [-0.2, -0.15) is 9.78 Å². The molecule has 5 rings (SSSR count). The van der Waals surface area contributed by atoms with Gasteiger partial charge in [0.15, 0.2) is 23.9 Å². The van der Waals surface area contributed by atoms with E-state index in [1.54, 1.807) is 61.7 Å². The molecule has 0 aliphatic heterocycles. The first-order chi connectivity index (χ1) is 18.0. The van der Waals surface area contributed by atoms with E-state index in [2.05, 4.69) is 10.1 Å². The second kappa shape index (κ2) is 9.86. The topological polar surface area (TPSA) is 125 Å². The number of nitrogens with zero attached hydrogens (tertiary/aromatic N) is 3. The van der Waals surface area contributed by atoms with E-state index in [0.29, 0.717) is 39.3 Å². The highest BCUT2D eigenvalue weighted by Gasteiger charge is 2.18. The van der Waals surface area contributed by atoms with Crippen molar-refractivity contribution in [3.8, 4) is 28.8 Å². The summed E-state index contributed by atoms with van der Waals surface area (Å²) >= 11 is 0. The van der Waals surface area contributed by atoms with Crippen LogP contribution in [0.2, 0.25) is 0 Å². The van der Waals surface area contributed by atoms with E-state index in [1.165, 1.54) is 18.0 Å². The van der Waals surface area contributed by atoms with Crippen LogP contribution in [0, 0.1) is 0 Å². The number of furan rings is 1. The molecule has 0 bridgehead atoms. The van der Waals surface area contributed by atoms with Crippen molar-refractivity contribution < 1.29 is 28.5 Å². The molecule has 0 saturated carbocycles. The zero-order valence-electron chi connectivity index (χ0n) is 19.9. The van der Waals surface area contributed by atoms with Gasteiger partial charge in [0.1, 0.15) is 11.3 Å². The third kappa shape index (κ3) is 4.59. The molecule has 0 spiro atoms. The van der Waals surface area contributed by atoms with Gasteiger partial charge in [0.25, 0.3) is 5.56 Å². The molecule has 1 N–H and O–H groups in total. The van der Waals surface area contributed by atoms with E-state index in [4.69, 9.17) is 23.7 Å². The SMILES string of the molecule is COc1cc(C=Nn2c(-c3cc4c(OC)cccc4o3)nc3ccccc3c2=O)ccc1OCC(=O)O. The predicted molar refractivity (Wildman–Crippen MR) is 137 cm³/mol. The Morgan fingerprint density at radius 2 is 1.81 bits per heavy atom. The van der Waals surface area contributed by atoms with Gasteiger partial charge in [-0.15, -0.1) is 0 Å². The molecule has 0 aliphatic rings. The molecule has 186 valence electrons. The van der Waals surface area contributed by atoms with E-state index < -0.39 is 12.6 Å². The van der Waals surface area contributed by atoms with E-state index >= 15 is 0 Å². The number of carbonyl (C=O) groups is 1. The Morgan fingerprint density at radius 1 is 1.00 bits per heavy atom. The van der Waals surface area contributed by atoms with Crippen LogP contribution in [0.3, 0.4) is 0 Å². The Bertz CT molecular complexity index is 1720. The number of para-hydroxylation sites is 1. The van der Waals surface area contributed by atoms with Crippen LogP contribution in [0.5, 0.6) is 17.2 Å². The average molecular weight is 499 g/mol. The molecule has 5 aromatic rings. The Labute approximate surface area is 210 Å². The van der Waals surface area contributed by atoms with E-state index in [1.807, 2.05) is 12.1 Å². The van der Waals surface area contributed by atoms with Gasteiger partial charge in [0.05, 0.1) is 36.7 Å². The fourth-order valence-corrected chi connectivity index (χ4v) is 3.86. The molecule has 0 radical (unpaired) electrons. The minimum atomic E-state index is -1.10. The van der Waals surface area contributed by atoms with Gasteiger partial charge >= 0.3 is 5.97 Å². The summed E-state index contributed by atoms with van der Waals surface area (Å²) in [6, 6.07) is 19.0. The number of aliphatic carboxylic acids is 1. The Balaban J connectivity index is 1.62. The Kier molecular flexibility index (Phi) is 6.29. The van der Waals surface area contributed by atoms with Crippen molar-refractivity contribution in [1.82, 2.24) is 9.66 Å². The number of methoxy groups -OCH3 is 2. The summed E-state index contributed by atoms with van der Waals surface area (Å²) in [6.07, 6.45) is 1.47. The summed E-state index contributed by atoms with van der Waals surface area (Å²) in [5, 5.41) is 14.4. The van der Waals surface area contributed by atoms with Gasteiger partial charge in [-0.25, -0.2) is 9.78 Å². The lowest BCUT2D eigenvalue weighted by molar-refractivity contribution is -0.139. The van der Waals surface area contributed by atoms with Crippen molar-refractivity contribution in [2.24, 2.45) is 5.10 Å². The van der Waals surface area contributed by atoms with Crippen LogP contribution in [-0.2, 0) is 4.79 Å². The predicted octanol–water partition coefficient (Wildman–Crippen LogP) is 4.17. The number of hydrogen-bond donors (Lipinski definition) is 1. The van der Waals surface area contributed by atoms with Crippen molar-refractivity contribution in [2.75, 3.05) is 20.8 Å². The van der Waals surface area contributed by atoms with Gasteiger partial charge in [0, 0.05) is 0 Å². The molecule has 0 aliphatic carbocycles. The molecule has 0 unspecified atom stereocenters. The standard InChI is InChI=1S/C27H21N3O7/c1-34-20-8-5-9-21-18(20)13-24(37-21)26-29-19-7-4-3-6-17(19)27(33)30(26)28-14-16-10-11-22(23(12-16)35-2)36-15-25(31)32/h3-14H,15H2,1-2H3,(H,31,32). The zero-order chi connectivity index (χ0) is 25.9. The molecule has 37 heavy (non-hydrogen) atoms. The second-order valence-corrected chi connectivity index (χ2v) is 7.89. The highest BCUT2D eigenvalue weighted by molar-refractivity contribution is 5.88. The summed E-state index contributed by atoms with van der Waals surface area (Å²) in [6.45, 7) is -0.506. The number of carboxylic acids is 1. The lowest BCUT2D eigenvalue weighted by Gasteiger charge is -2.10. The number of fused-ring (bicyclic) bond motifs is 2. The summed E-state index contributed by atoms with van der Waals surface area (Å²) in [5.74, 6) is 0.665. The summed E-state index contributed by atoms with van der Waals surface area (Å²) in [4.78, 5) is 28.9. The van der Waals surface area contributed by atoms with E-state index in [0.717, 1.165) is 5.39 Å². The fraction of sp³-hybridized carbons (Fsp3) is 0.111. The maximum atomic E-state index is 13.5. The maximum Gasteiger partial charge on any atom is 0.341 e. The lowest BCUT2D eigenvalue weighted by Crippen LogP contribution is -2.20. The van der Waals surface area contributed by atoms with Crippen LogP contribution in [-0.4, -0.2) is 47.8 Å². The molecule has 0 amide bonds. The van der Waals surface area contributed by atoms with Crippen molar-refractivity contribution in [3.63, 3.8) is 0 Å². The van der Waals surface area contributed by atoms with Crippen molar-refractivity contribution in [2.45, 2.75) is 0 Å². The molecular weight excluding hydrogens is 478 g/mol. The molecule has 2 aromatic heterocycles. The van der Waals surface area contributed by atoms with Crippen LogP contribution < -0.4 is 19.8 Å². The van der Waals surface area contributed by atoms with Gasteiger partial charge < -0.3 is 23.7 Å². The first-order valence-electron chi connectivity index (χ1n) is 11.1. The molecule has 10 heteroatoms. The highest BCUT2D eigenvalue weighted by atomic mass is 16.5.